The predicted octanol–water partition coefficient (Wildman–Crippen LogP) is 3.20. The number of aryl methyl sites for hydroxylation is 1. The third-order valence-corrected chi connectivity index (χ3v) is 3.90. The fraction of sp³-hybridized carbons (Fsp3) is 0.0952. The summed E-state index contributed by atoms with van der Waals surface area (Å²) in [5.41, 5.74) is 2.03. The van der Waals surface area contributed by atoms with Gasteiger partial charge in [-0.15, -0.1) is 0 Å². The van der Waals surface area contributed by atoms with Gasteiger partial charge in [-0.1, -0.05) is 42.5 Å². The molecule has 6 heteroatoms. The number of rotatable bonds is 6. The van der Waals surface area contributed by atoms with Crippen LogP contribution in [0.3, 0.4) is 0 Å². The van der Waals surface area contributed by atoms with E-state index >= 15 is 0 Å². The molecule has 3 N–H and O–H groups in total. The summed E-state index contributed by atoms with van der Waals surface area (Å²) in [4.78, 5) is 38.1. The lowest BCUT2D eigenvalue weighted by atomic mass is 10.1. The van der Waals surface area contributed by atoms with E-state index in [2.05, 4.69) is 15.6 Å². The van der Waals surface area contributed by atoms with Gasteiger partial charge in [0, 0.05) is 23.9 Å². The van der Waals surface area contributed by atoms with E-state index in [0.717, 1.165) is 5.56 Å². The van der Waals surface area contributed by atoms with E-state index in [4.69, 9.17) is 0 Å². The molecule has 0 spiro atoms. The molecule has 3 aromatic rings. The number of carbonyl (C=O) groups excluding carboxylic acids is 2. The maximum Gasteiger partial charge on any atom is 0.272 e. The van der Waals surface area contributed by atoms with Crippen LogP contribution in [0.1, 0.15) is 22.5 Å². The summed E-state index contributed by atoms with van der Waals surface area (Å²) in [6.45, 7) is 0. The first kappa shape index (κ1) is 18.1. The first-order valence-corrected chi connectivity index (χ1v) is 8.55. The smallest absolute Gasteiger partial charge is 0.272 e. The number of aromatic nitrogens is 1. The Morgan fingerprint density at radius 1 is 0.815 bits per heavy atom. The number of hydrogen-bond acceptors (Lipinski definition) is 3. The topological polar surface area (TPSA) is 91.1 Å². The number of nitrogens with one attached hydrogen (secondary N) is 3. The van der Waals surface area contributed by atoms with Crippen molar-refractivity contribution in [2.45, 2.75) is 12.8 Å². The average Bonchev–Trinajstić information content (AvgIpc) is 2.67. The highest BCUT2D eigenvalue weighted by atomic mass is 16.2. The lowest BCUT2D eigenvalue weighted by molar-refractivity contribution is -0.116. The Morgan fingerprint density at radius 2 is 1.52 bits per heavy atom. The fourth-order valence-corrected chi connectivity index (χ4v) is 2.58. The standard InChI is InChI=1S/C21H19N3O3/c25-19-11-5-10-18(24-19)21(27)23-17-9-4-8-16(14-17)22-20(26)13-12-15-6-2-1-3-7-15/h1-11,14H,12-13H2,(H,22,26)(H,23,27)(H,24,25). The molecular formula is C21H19N3O3. The molecule has 0 aliphatic rings. The van der Waals surface area contributed by atoms with Crippen molar-refractivity contribution in [3.63, 3.8) is 0 Å². The largest absolute Gasteiger partial charge is 0.326 e. The van der Waals surface area contributed by atoms with Crippen molar-refractivity contribution in [1.29, 1.82) is 0 Å². The normalized spacial score (nSPS) is 10.2. The van der Waals surface area contributed by atoms with Crippen LogP contribution in [0.15, 0.2) is 77.6 Å². The molecule has 0 unspecified atom stereocenters. The first-order valence-electron chi connectivity index (χ1n) is 8.55. The number of benzene rings is 2. The molecule has 0 atom stereocenters. The predicted molar refractivity (Wildman–Crippen MR) is 105 cm³/mol. The molecule has 1 aromatic heterocycles. The molecule has 0 radical (unpaired) electrons. The molecular weight excluding hydrogens is 342 g/mol. The minimum absolute atomic E-state index is 0.102. The highest BCUT2D eigenvalue weighted by Gasteiger charge is 2.08. The zero-order valence-electron chi connectivity index (χ0n) is 14.6. The first-order chi connectivity index (χ1) is 13.1. The number of hydrogen-bond donors (Lipinski definition) is 3. The minimum atomic E-state index is -0.430. The Bertz CT molecular complexity index is 997. The monoisotopic (exact) mass is 361 g/mol. The molecule has 0 fully saturated rings. The van der Waals surface area contributed by atoms with E-state index in [1.54, 1.807) is 24.3 Å². The molecule has 0 saturated carbocycles. The van der Waals surface area contributed by atoms with Gasteiger partial charge in [0.1, 0.15) is 5.69 Å². The van der Waals surface area contributed by atoms with Gasteiger partial charge >= 0.3 is 0 Å². The third kappa shape index (κ3) is 5.40. The van der Waals surface area contributed by atoms with Gasteiger partial charge in [0.05, 0.1) is 0 Å². The SMILES string of the molecule is O=C(CCc1ccccc1)Nc1cccc(NC(=O)c2cccc(=O)[nH]2)c1. The van der Waals surface area contributed by atoms with Crippen molar-refractivity contribution in [3.05, 3.63) is 94.4 Å². The van der Waals surface area contributed by atoms with Gasteiger partial charge in [-0.25, -0.2) is 0 Å². The van der Waals surface area contributed by atoms with Crippen LogP contribution in [0, 0.1) is 0 Å². The van der Waals surface area contributed by atoms with E-state index < -0.39 is 5.91 Å². The molecule has 2 aromatic carbocycles. The Kier molecular flexibility index (Phi) is 5.79. The summed E-state index contributed by atoms with van der Waals surface area (Å²) >= 11 is 0. The molecule has 0 aliphatic carbocycles. The van der Waals surface area contributed by atoms with Crippen molar-refractivity contribution in [1.82, 2.24) is 4.98 Å². The summed E-state index contributed by atoms with van der Waals surface area (Å²) in [5, 5.41) is 5.52. The second-order valence-electron chi connectivity index (χ2n) is 6.00. The lowest BCUT2D eigenvalue weighted by Crippen LogP contribution is -2.18. The molecule has 0 bridgehead atoms. The average molecular weight is 361 g/mol. The second kappa shape index (κ2) is 8.62. The van der Waals surface area contributed by atoms with Gasteiger partial charge in [-0.05, 0) is 36.2 Å². The molecule has 2 amide bonds. The number of aromatic amines is 1. The molecule has 27 heavy (non-hydrogen) atoms. The maximum absolute atomic E-state index is 12.2. The number of carbonyl (C=O) groups is 2. The van der Waals surface area contributed by atoms with Crippen LogP contribution in [0.25, 0.3) is 0 Å². The highest BCUT2D eigenvalue weighted by molar-refractivity contribution is 6.03. The van der Waals surface area contributed by atoms with Gasteiger partial charge < -0.3 is 15.6 Å². The Balaban J connectivity index is 1.59. The Labute approximate surface area is 156 Å². The molecule has 0 aliphatic heterocycles. The summed E-state index contributed by atoms with van der Waals surface area (Å²) in [5.74, 6) is -0.532. The summed E-state index contributed by atoms with van der Waals surface area (Å²) in [6, 6.07) is 21.0. The van der Waals surface area contributed by atoms with Crippen LogP contribution in [0.4, 0.5) is 11.4 Å². The van der Waals surface area contributed by atoms with Crippen LogP contribution >= 0.6 is 0 Å². The molecule has 6 nitrogen and oxygen atoms in total. The van der Waals surface area contributed by atoms with Gasteiger partial charge in [0.2, 0.25) is 11.5 Å². The number of pyridine rings is 1. The number of H-pyrrole nitrogens is 1. The van der Waals surface area contributed by atoms with Crippen molar-refractivity contribution >= 4 is 23.2 Å². The van der Waals surface area contributed by atoms with E-state index in [1.807, 2.05) is 30.3 Å². The van der Waals surface area contributed by atoms with E-state index in [0.29, 0.717) is 24.2 Å². The summed E-state index contributed by atoms with van der Waals surface area (Å²) < 4.78 is 0. The fourth-order valence-electron chi connectivity index (χ4n) is 2.58. The minimum Gasteiger partial charge on any atom is -0.326 e. The van der Waals surface area contributed by atoms with E-state index in [1.165, 1.54) is 18.2 Å². The van der Waals surface area contributed by atoms with Crippen LogP contribution in [0.2, 0.25) is 0 Å². The zero-order valence-corrected chi connectivity index (χ0v) is 14.6. The summed E-state index contributed by atoms with van der Waals surface area (Å²) in [7, 11) is 0. The number of anilines is 2. The van der Waals surface area contributed by atoms with E-state index in [9.17, 15) is 14.4 Å². The Hall–Kier alpha value is -3.67. The highest BCUT2D eigenvalue weighted by Crippen LogP contribution is 2.16. The van der Waals surface area contributed by atoms with Crippen molar-refractivity contribution in [2.75, 3.05) is 10.6 Å². The second-order valence-corrected chi connectivity index (χ2v) is 6.00. The molecule has 136 valence electrons. The van der Waals surface area contributed by atoms with Crippen molar-refractivity contribution in [2.24, 2.45) is 0 Å². The van der Waals surface area contributed by atoms with Crippen molar-refractivity contribution in [3.8, 4) is 0 Å². The van der Waals surface area contributed by atoms with Gasteiger partial charge in [-0.2, -0.15) is 0 Å². The molecule has 0 saturated heterocycles. The Morgan fingerprint density at radius 3 is 2.26 bits per heavy atom. The van der Waals surface area contributed by atoms with Gasteiger partial charge in [-0.3, -0.25) is 14.4 Å². The van der Waals surface area contributed by atoms with Crippen molar-refractivity contribution < 1.29 is 9.59 Å². The molecule has 1 heterocycles. The van der Waals surface area contributed by atoms with Crippen LogP contribution in [-0.2, 0) is 11.2 Å². The lowest BCUT2D eigenvalue weighted by Gasteiger charge is -2.09. The van der Waals surface area contributed by atoms with Crippen LogP contribution in [-0.4, -0.2) is 16.8 Å². The van der Waals surface area contributed by atoms with Crippen LogP contribution in [0.5, 0.6) is 0 Å². The zero-order chi connectivity index (χ0) is 19.1. The van der Waals surface area contributed by atoms with Gasteiger partial charge in [0.25, 0.3) is 5.91 Å². The number of amides is 2. The third-order valence-electron chi connectivity index (χ3n) is 3.90. The molecule has 3 rings (SSSR count). The summed E-state index contributed by atoms with van der Waals surface area (Å²) in [6.07, 6.45) is 1.02. The maximum atomic E-state index is 12.2. The van der Waals surface area contributed by atoms with Gasteiger partial charge in [0.15, 0.2) is 0 Å². The van der Waals surface area contributed by atoms with E-state index in [-0.39, 0.29) is 17.2 Å². The van der Waals surface area contributed by atoms with Crippen LogP contribution < -0.4 is 16.2 Å². The quantitative estimate of drug-likeness (QED) is 0.630.